The van der Waals surface area contributed by atoms with Crippen LogP contribution in [0, 0.1) is 6.92 Å². The van der Waals surface area contributed by atoms with Gasteiger partial charge in [0.15, 0.2) is 11.2 Å². The zero-order valence-electron chi connectivity index (χ0n) is 10.5. The summed E-state index contributed by atoms with van der Waals surface area (Å²) in [6.45, 7) is 3.57. The average molecular weight is 297 g/mol. The minimum atomic E-state index is -0.607. The van der Waals surface area contributed by atoms with Crippen molar-refractivity contribution in [1.82, 2.24) is 4.98 Å². The molecular formula is C13H13ClN2O2S. The lowest BCUT2D eigenvalue weighted by atomic mass is 10.2. The molecule has 0 saturated carbocycles. The maximum Gasteiger partial charge on any atom is 0.266 e. The molecule has 1 amide bonds. The first-order valence-corrected chi connectivity index (χ1v) is 6.95. The third-order valence-corrected chi connectivity index (χ3v) is 3.59. The molecule has 0 radical (unpaired) electrons. The first-order valence-electron chi connectivity index (χ1n) is 5.69. The third-order valence-electron chi connectivity index (χ3n) is 2.47. The van der Waals surface area contributed by atoms with E-state index in [0.717, 1.165) is 5.56 Å². The van der Waals surface area contributed by atoms with E-state index in [0.29, 0.717) is 15.9 Å². The molecule has 0 aliphatic rings. The number of anilines is 1. The highest BCUT2D eigenvalue weighted by molar-refractivity contribution is 7.13. The zero-order valence-corrected chi connectivity index (χ0v) is 12.1. The molecule has 1 atom stereocenters. The number of hydrogen-bond acceptors (Lipinski definition) is 4. The molecule has 4 nitrogen and oxygen atoms in total. The second-order valence-electron chi connectivity index (χ2n) is 4.00. The highest BCUT2D eigenvalue weighted by atomic mass is 35.5. The van der Waals surface area contributed by atoms with Crippen molar-refractivity contribution in [2.24, 2.45) is 0 Å². The Hall–Kier alpha value is -1.59. The number of aromatic nitrogens is 1. The Labute approximate surface area is 120 Å². The lowest BCUT2D eigenvalue weighted by Gasteiger charge is -2.14. The number of ether oxygens (including phenoxy) is 1. The van der Waals surface area contributed by atoms with E-state index in [9.17, 15) is 4.79 Å². The standard InChI is InChI=1S/C13H13ClN2O2S/c1-8-7-10(3-4-11(8)14)18-9(2)12(17)16-13-15-5-6-19-13/h3-7,9H,1-2H3,(H,15,16,17)/t9-/m0/s1. The van der Waals surface area contributed by atoms with Crippen molar-refractivity contribution in [1.29, 1.82) is 0 Å². The fraction of sp³-hybridized carbons (Fsp3) is 0.231. The van der Waals surface area contributed by atoms with Crippen molar-refractivity contribution in [3.05, 3.63) is 40.4 Å². The van der Waals surface area contributed by atoms with Crippen LogP contribution in [0.4, 0.5) is 5.13 Å². The van der Waals surface area contributed by atoms with Crippen LogP contribution in [-0.4, -0.2) is 17.0 Å². The van der Waals surface area contributed by atoms with Gasteiger partial charge in [-0.25, -0.2) is 4.98 Å². The third kappa shape index (κ3) is 3.68. The summed E-state index contributed by atoms with van der Waals surface area (Å²) in [4.78, 5) is 15.9. The van der Waals surface area contributed by atoms with Crippen LogP contribution in [0.3, 0.4) is 0 Å². The molecule has 1 aromatic carbocycles. The van der Waals surface area contributed by atoms with E-state index in [1.807, 2.05) is 6.92 Å². The number of halogens is 1. The predicted molar refractivity (Wildman–Crippen MR) is 77.0 cm³/mol. The van der Waals surface area contributed by atoms with Crippen molar-refractivity contribution in [3.8, 4) is 5.75 Å². The topological polar surface area (TPSA) is 51.2 Å². The van der Waals surface area contributed by atoms with Gasteiger partial charge in [0.05, 0.1) is 0 Å². The van der Waals surface area contributed by atoms with Crippen LogP contribution in [0.1, 0.15) is 12.5 Å². The largest absolute Gasteiger partial charge is 0.481 e. The molecule has 0 saturated heterocycles. The molecule has 0 fully saturated rings. The maximum atomic E-state index is 11.9. The molecule has 1 aromatic heterocycles. The molecule has 1 N–H and O–H groups in total. The molecule has 0 aliphatic carbocycles. The van der Waals surface area contributed by atoms with E-state index in [2.05, 4.69) is 10.3 Å². The van der Waals surface area contributed by atoms with Gasteiger partial charge in [-0.3, -0.25) is 10.1 Å². The Bertz CT molecular complexity index is 572. The maximum absolute atomic E-state index is 11.9. The van der Waals surface area contributed by atoms with E-state index in [4.69, 9.17) is 16.3 Å². The summed E-state index contributed by atoms with van der Waals surface area (Å²) in [6, 6.07) is 5.29. The number of hydrogen-bond donors (Lipinski definition) is 1. The highest BCUT2D eigenvalue weighted by Crippen LogP contribution is 2.22. The van der Waals surface area contributed by atoms with Crippen molar-refractivity contribution in [2.45, 2.75) is 20.0 Å². The van der Waals surface area contributed by atoms with E-state index in [1.54, 1.807) is 36.7 Å². The molecule has 6 heteroatoms. The minimum absolute atomic E-state index is 0.234. The summed E-state index contributed by atoms with van der Waals surface area (Å²) in [6.07, 6.45) is 1.03. The van der Waals surface area contributed by atoms with Crippen LogP contribution in [0.25, 0.3) is 0 Å². The summed E-state index contributed by atoms with van der Waals surface area (Å²) >= 11 is 7.30. The second kappa shape index (κ2) is 6.04. The number of nitrogens with one attached hydrogen (secondary N) is 1. The van der Waals surface area contributed by atoms with Gasteiger partial charge in [0, 0.05) is 16.6 Å². The highest BCUT2D eigenvalue weighted by Gasteiger charge is 2.16. The molecule has 1 heterocycles. The number of carbonyl (C=O) groups excluding carboxylic acids is 1. The number of thiazole rings is 1. The fourth-order valence-corrected chi connectivity index (χ4v) is 2.09. The molecule has 2 rings (SSSR count). The molecule has 100 valence electrons. The summed E-state index contributed by atoms with van der Waals surface area (Å²) in [5.41, 5.74) is 0.909. The number of nitrogens with zero attached hydrogens (tertiary/aromatic N) is 1. The molecule has 19 heavy (non-hydrogen) atoms. The van der Waals surface area contributed by atoms with Gasteiger partial charge >= 0.3 is 0 Å². The van der Waals surface area contributed by atoms with Gasteiger partial charge in [-0.2, -0.15) is 0 Å². The first kappa shape index (κ1) is 13.8. The van der Waals surface area contributed by atoms with Crippen molar-refractivity contribution >= 4 is 34.0 Å². The van der Waals surface area contributed by atoms with Gasteiger partial charge in [-0.1, -0.05) is 11.6 Å². The van der Waals surface area contributed by atoms with E-state index in [1.165, 1.54) is 11.3 Å². The Morgan fingerprint density at radius 3 is 2.95 bits per heavy atom. The Kier molecular flexibility index (Phi) is 4.39. The lowest BCUT2D eigenvalue weighted by molar-refractivity contribution is -0.122. The van der Waals surface area contributed by atoms with Crippen LogP contribution in [-0.2, 0) is 4.79 Å². The smallest absolute Gasteiger partial charge is 0.266 e. The molecular weight excluding hydrogens is 284 g/mol. The van der Waals surface area contributed by atoms with Crippen molar-refractivity contribution < 1.29 is 9.53 Å². The number of benzene rings is 1. The van der Waals surface area contributed by atoms with Crippen LogP contribution in [0.15, 0.2) is 29.8 Å². The Morgan fingerprint density at radius 2 is 2.32 bits per heavy atom. The fourth-order valence-electron chi connectivity index (χ4n) is 1.44. The SMILES string of the molecule is Cc1cc(O[C@@H](C)C(=O)Nc2nccs2)ccc1Cl. The van der Waals surface area contributed by atoms with Crippen molar-refractivity contribution in [3.63, 3.8) is 0 Å². The zero-order chi connectivity index (χ0) is 13.8. The van der Waals surface area contributed by atoms with Crippen LogP contribution in [0.5, 0.6) is 5.75 Å². The van der Waals surface area contributed by atoms with Gasteiger partial charge < -0.3 is 4.74 Å². The summed E-state index contributed by atoms with van der Waals surface area (Å²) in [5, 5.41) is 5.72. The van der Waals surface area contributed by atoms with Crippen LogP contribution >= 0.6 is 22.9 Å². The number of carbonyl (C=O) groups is 1. The Balaban J connectivity index is 1.98. The molecule has 0 bridgehead atoms. The summed E-state index contributed by atoms with van der Waals surface area (Å²) in [5.74, 6) is 0.381. The number of rotatable bonds is 4. The molecule has 2 aromatic rings. The first-order chi connectivity index (χ1) is 9.06. The normalized spacial score (nSPS) is 11.9. The second-order valence-corrected chi connectivity index (χ2v) is 5.30. The number of amides is 1. The quantitative estimate of drug-likeness (QED) is 0.939. The van der Waals surface area contributed by atoms with Crippen LogP contribution in [0.2, 0.25) is 5.02 Å². The predicted octanol–water partition coefficient (Wildman–Crippen LogP) is 3.51. The molecule has 0 spiro atoms. The van der Waals surface area contributed by atoms with Crippen molar-refractivity contribution in [2.75, 3.05) is 5.32 Å². The average Bonchev–Trinajstić information content (AvgIpc) is 2.86. The summed E-state index contributed by atoms with van der Waals surface area (Å²) < 4.78 is 5.57. The van der Waals surface area contributed by atoms with Gasteiger partial charge in [0.1, 0.15) is 5.75 Å². The minimum Gasteiger partial charge on any atom is -0.481 e. The van der Waals surface area contributed by atoms with E-state index in [-0.39, 0.29) is 5.91 Å². The lowest BCUT2D eigenvalue weighted by Crippen LogP contribution is -2.30. The van der Waals surface area contributed by atoms with Crippen LogP contribution < -0.4 is 10.1 Å². The van der Waals surface area contributed by atoms with Gasteiger partial charge in [-0.05, 0) is 37.6 Å². The van der Waals surface area contributed by atoms with Gasteiger partial charge in [0.25, 0.3) is 5.91 Å². The molecule has 0 unspecified atom stereocenters. The monoisotopic (exact) mass is 296 g/mol. The molecule has 0 aliphatic heterocycles. The van der Waals surface area contributed by atoms with Gasteiger partial charge in [0.2, 0.25) is 0 Å². The Morgan fingerprint density at radius 1 is 1.53 bits per heavy atom. The number of aryl methyl sites for hydroxylation is 1. The van der Waals surface area contributed by atoms with E-state index < -0.39 is 6.10 Å². The summed E-state index contributed by atoms with van der Waals surface area (Å²) in [7, 11) is 0. The van der Waals surface area contributed by atoms with E-state index >= 15 is 0 Å². The van der Waals surface area contributed by atoms with Gasteiger partial charge in [-0.15, -0.1) is 11.3 Å².